The second kappa shape index (κ2) is 33.3. The van der Waals surface area contributed by atoms with Crippen molar-refractivity contribution in [1.29, 1.82) is 0 Å². The summed E-state index contributed by atoms with van der Waals surface area (Å²) in [7, 11) is 0. The number of unbranched alkanes of at least 4 members (excludes halogenated alkanes) is 30. The molecule has 0 aliphatic heterocycles. The second-order valence-electron chi connectivity index (χ2n) is 14.3. The van der Waals surface area contributed by atoms with Gasteiger partial charge in [0.05, 0.1) is 0 Å². The maximum atomic E-state index is 2.74. The van der Waals surface area contributed by atoms with Crippen molar-refractivity contribution >= 4 is 18.4 Å². The standard InChI is InChI=1S/2C18H37.2CH3.Sn/c2*1-3-5-7-9-11-13-15-17-18-16-14-12-10-8-6-4-2;;;/h2*1,3-18H2,2H3;2*1H3;. The van der Waals surface area contributed by atoms with Gasteiger partial charge in [-0.3, -0.25) is 0 Å². The molecular weight excluding hydrogens is 575 g/mol. The minimum absolute atomic E-state index is 1.38. The molecule has 0 unspecified atom stereocenters. The van der Waals surface area contributed by atoms with Gasteiger partial charge in [-0.05, 0) is 0 Å². The van der Waals surface area contributed by atoms with Gasteiger partial charge < -0.3 is 0 Å². The van der Waals surface area contributed by atoms with Gasteiger partial charge in [-0.1, -0.05) is 78.1 Å². The van der Waals surface area contributed by atoms with Crippen molar-refractivity contribution in [3.8, 4) is 0 Å². The molecular formula is C38H80Sn. The Balaban J connectivity index is 3.26. The van der Waals surface area contributed by atoms with Crippen LogP contribution in [0.5, 0.6) is 0 Å². The van der Waals surface area contributed by atoms with Gasteiger partial charge in [0.15, 0.2) is 0 Å². The monoisotopic (exact) mass is 657 g/mol. The molecule has 0 N–H and O–H groups in total. The van der Waals surface area contributed by atoms with Crippen molar-refractivity contribution in [2.24, 2.45) is 0 Å². The summed E-state index contributed by atoms with van der Waals surface area (Å²) in [5, 5.41) is 0. The van der Waals surface area contributed by atoms with E-state index < -0.39 is 18.4 Å². The van der Waals surface area contributed by atoms with Gasteiger partial charge in [-0.15, -0.1) is 0 Å². The Kier molecular flexibility index (Phi) is 34.0. The van der Waals surface area contributed by atoms with Gasteiger partial charge in [-0.2, -0.15) is 0 Å². The zero-order chi connectivity index (χ0) is 28.5. The maximum absolute atomic E-state index is 2.74. The Bertz CT molecular complexity index is 390. The molecule has 0 rings (SSSR count). The fourth-order valence-electron chi connectivity index (χ4n) is 6.43. The van der Waals surface area contributed by atoms with Crippen LogP contribution in [0.2, 0.25) is 18.8 Å². The smallest absolute Gasteiger partial charge is 0.0654 e. The van der Waals surface area contributed by atoms with E-state index in [9.17, 15) is 0 Å². The first kappa shape index (κ1) is 39.8. The molecule has 0 aliphatic carbocycles. The van der Waals surface area contributed by atoms with E-state index in [4.69, 9.17) is 0 Å². The molecule has 0 atom stereocenters. The molecule has 0 aromatic heterocycles. The van der Waals surface area contributed by atoms with E-state index >= 15 is 0 Å². The summed E-state index contributed by atoms with van der Waals surface area (Å²) in [4.78, 5) is 5.48. The third-order valence-electron chi connectivity index (χ3n) is 9.41. The first-order chi connectivity index (χ1) is 19.1. The molecule has 0 amide bonds. The van der Waals surface area contributed by atoms with Crippen LogP contribution in [0.25, 0.3) is 0 Å². The van der Waals surface area contributed by atoms with Crippen molar-refractivity contribution in [3.05, 3.63) is 0 Å². The topological polar surface area (TPSA) is 0 Å². The second-order valence-corrected chi connectivity index (χ2v) is 29.5. The minimum atomic E-state index is -1.68. The van der Waals surface area contributed by atoms with Gasteiger partial charge >= 0.3 is 178 Å². The zero-order valence-electron chi connectivity index (χ0n) is 28.5. The quantitative estimate of drug-likeness (QED) is 0.0478. The van der Waals surface area contributed by atoms with E-state index in [0.717, 1.165) is 0 Å². The molecule has 0 saturated carbocycles. The molecule has 0 aliphatic rings. The van der Waals surface area contributed by atoms with Crippen molar-refractivity contribution in [1.82, 2.24) is 0 Å². The van der Waals surface area contributed by atoms with E-state index in [-0.39, 0.29) is 0 Å². The summed E-state index contributed by atoms with van der Waals surface area (Å²) >= 11 is -1.68. The van der Waals surface area contributed by atoms with Gasteiger partial charge in [-0.25, -0.2) is 0 Å². The molecule has 0 bridgehead atoms. The van der Waals surface area contributed by atoms with Crippen LogP contribution < -0.4 is 0 Å². The van der Waals surface area contributed by atoms with Crippen molar-refractivity contribution in [2.45, 2.75) is 238 Å². The third-order valence-corrected chi connectivity index (χ3v) is 19.2. The zero-order valence-corrected chi connectivity index (χ0v) is 31.4. The average Bonchev–Trinajstić information content (AvgIpc) is 2.92. The molecule has 0 saturated heterocycles. The molecule has 236 valence electrons. The van der Waals surface area contributed by atoms with Crippen LogP contribution in [0.15, 0.2) is 0 Å². The molecule has 0 aromatic rings. The Morgan fingerprint density at radius 1 is 0.231 bits per heavy atom. The van der Waals surface area contributed by atoms with Gasteiger partial charge in [0.25, 0.3) is 0 Å². The fourth-order valence-corrected chi connectivity index (χ4v) is 14.0. The molecule has 0 nitrogen and oxygen atoms in total. The van der Waals surface area contributed by atoms with Crippen LogP contribution in [-0.2, 0) is 0 Å². The predicted octanol–water partition coefficient (Wildman–Crippen LogP) is 15.2. The van der Waals surface area contributed by atoms with Crippen LogP contribution in [0.4, 0.5) is 0 Å². The summed E-state index contributed by atoms with van der Waals surface area (Å²) in [6.07, 6.45) is 47.7. The molecule has 0 aromatic carbocycles. The van der Waals surface area contributed by atoms with Crippen LogP contribution in [0.3, 0.4) is 0 Å². The summed E-state index contributed by atoms with van der Waals surface area (Å²) < 4.78 is 3.32. The molecule has 0 spiro atoms. The van der Waals surface area contributed by atoms with Crippen LogP contribution >= 0.6 is 0 Å². The number of hydrogen-bond acceptors (Lipinski definition) is 0. The van der Waals surface area contributed by atoms with Gasteiger partial charge in [0, 0.05) is 0 Å². The fraction of sp³-hybridized carbons (Fsp3) is 1.00. The molecule has 0 fully saturated rings. The Labute approximate surface area is 255 Å². The first-order valence-corrected chi connectivity index (χ1v) is 28.9. The van der Waals surface area contributed by atoms with Crippen molar-refractivity contribution < 1.29 is 0 Å². The summed E-state index contributed by atoms with van der Waals surface area (Å²) in [6.45, 7) is 4.62. The van der Waals surface area contributed by atoms with E-state index in [0.29, 0.717) is 0 Å². The minimum Gasteiger partial charge on any atom is -0.0654 e. The van der Waals surface area contributed by atoms with E-state index in [2.05, 4.69) is 23.7 Å². The summed E-state index contributed by atoms with van der Waals surface area (Å²) in [6, 6.07) is 0. The number of hydrogen-bond donors (Lipinski definition) is 0. The van der Waals surface area contributed by atoms with Gasteiger partial charge in [0.1, 0.15) is 0 Å². The van der Waals surface area contributed by atoms with Crippen molar-refractivity contribution in [2.75, 3.05) is 0 Å². The van der Waals surface area contributed by atoms with Gasteiger partial charge in [0.2, 0.25) is 0 Å². The molecule has 1 heteroatoms. The van der Waals surface area contributed by atoms with E-state index in [1.807, 2.05) is 0 Å². The first-order valence-electron chi connectivity index (χ1n) is 19.1. The Morgan fingerprint density at radius 3 is 0.564 bits per heavy atom. The summed E-state index contributed by atoms with van der Waals surface area (Å²) in [5.74, 6) is 0. The third kappa shape index (κ3) is 34.9. The molecule has 39 heavy (non-hydrogen) atoms. The molecule has 0 heterocycles. The predicted molar refractivity (Wildman–Crippen MR) is 186 cm³/mol. The van der Waals surface area contributed by atoms with E-state index in [1.165, 1.54) is 193 Å². The number of rotatable bonds is 34. The van der Waals surface area contributed by atoms with E-state index in [1.54, 1.807) is 21.7 Å². The molecule has 0 radical (unpaired) electrons. The Hall–Kier alpha value is 0.799. The van der Waals surface area contributed by atoms with Crippen LogP contribution in [0.1, 0.15) is 219 Å². The van der Waals surface area contributed by atoms with Crippen molar-refractivity contribution in [3.63, 3.8) is 0 Å². The summed E-state index contributed by atoms with van der Waals surface area (Å²) in [5.41, 5.74) is 0. The SMILES string of the molecule is CCCCCCCCCCCCCCCCC[CH2][Sn]([CH3])([CH3])[CH2]CCCCCCCCCCCCCCCCC. The van der Waals surface area contributed by atoms with Crippen LogP contribution in [-0.4, -0.2) is 18.4 Å². The van der Waals surface area contributed by atoms with Crippen LogP contribution in [0, 0.1) is 0 Å². The normalized spacial score (nSPS) is 12.0. The average molecular weight is 656 g/mol. The Morgan fingerprint density at radius 2 is 0.385 bits per heavy atom.